The normalized spacial score (nSPS) is 16.6. The maximum atomic E-state index is 10.7. The molecule has 5 heteroatoms. The number of benzene rings is 1. The Morgan fingerprint density at radius 2 is 2.11 bits per heavy atom. The highest BCUT2D eigenvalue weighted by atomic mass is 35.5. The van der Waals surface area contributed by atoms with Crippen LogP contribution in [0.25, 0.3) is 0 Å². The zero-order valence-electron chi connectivity index (χ0n) is 9.79. The van der Waals surface area contributed by atoms with E-state index in [9.17, 15) is 4.79 Å². The Morgan fingerprint density at radius 3 is 2.72 bits per heavy atom. The highest BCUT2D eigenvalue weighted by Crippen LogP contribution is 2.51. The summed E-state index contributed by atoms with van der Waals surface area (Å²) < 4.78 is 0. The van der Waals surface area contributed by atoms with E-state index in [0.717, 1.165) is 34.9 Å². The third-order valence-corrected chi connectivity index (χ3v) is 5.09. The summed E-state index contributed by atoms with van der Waals surface area (Å²) in [5.41, 5.74) is 1.04. The number of halogens is 2. The number of carboxylic acid groups (broad SMARTS) is 1. The van der Waals surface area contributed by atoms with Gasteiger partial charge in [-0.15, -0.1) is 0 Å². The average Bonchev–Trinajstić information content (AvgIpc) is 3.02. The van der Waals surface area contributed by atoms with Crippen LogP contribution in [-0.2, 0) is 10.5 Å². The molecule has 0 heterocycles. The van der Waals surface area contributed by atoms with Gasteiger partial charge in [-0.1, -0.05) is 23.2 Å². The lowest BCUT2D eigenvalue weighted by Gasteiger charge is -2.12. The molecule has 18 heavy (non-hydrogen) atoms. The van der Waals surface area contributed by atoms with Gasteiger partial charge >= 0.3 is 5.97 Å². The molecular formula is C13H14Cl2O2S. The van der Waals surface area contributed by atoms with Crippen molar-refractivity contribution in [1.82, 2.24) is 0 Å². The molecule has 0 unspecified atom stereocenters. The van der Waals surface area contributed by atoms with Crippen LogP contribution in [0.1, 0.15) is 24.8 Å². The molecule has 1 aliphatic carbocycles. The minimum Gasteiger partial charge on any atom is -0.481 e. The predicted octanol–water partition coefficient (Wildman–Crippen LogP) is 4.48. The first kappa shape index (κ1) is 14.0. The molecule has 0 spiro atoms. The fourth-order valence-corrected chi connectivity index (χ4v) is 3.74. The largest absolute Gasteiger partial charge is 0.481 e. The second kappa shape index (κ2) is 5.72. The first-order valence-electron chi connectivity index (χ1n) is 5.74. The zero-order valence-corrected chi connectivity index (χ0v) is 12.1. The van der Waals surface area contributed by atoms with Gasteiger partial charge in [-0.25, -0.2) is 0 Å². The second-order valence-corrected chi connectivity index (χ2v) is 6.63. The van der Waals surface area contributed by atoms with Crippen LogP contribution in [0, 0.1) is 5.41 Å². The molecule has 0 bridgehead atoms. The molecule has 0 aliphatic heterocycles. The molecule has 1 saturated carbocycles. The van der Waals surface area contributed by atoms with Gasteiger partial charge in [0.15, 0.2) is 0 Å². The quantitative estimate of drug-likeness (QED) is 0.842. The van der Waals surface area contributed by atoms with Crippen LogP contribution in [0.3, 0.4) is 0 Å². The van der Waals surface area contributed by atoms with Gasteiger partial charge in [0.05, 0.1) is 6.42 Å². The first-order valence-corrected chi connectivity index (χ1v) is 7.65. The van der Waals surface area contributed by atoms with Crippen molar-refractivity contribution in [3.63, 3.8) is 0 Å². The van der Waals surface area contributed by atoms with Crippen LogP contribution in [-0.4, -0.2) is 16.8 Å². The average molecular weight is 305 g/mol. The molecule has 0 saturated heterocycles. The molecule has 1 aromatic rings. The Hall–Kier alpha value is -0.380. The molecule has 2 rings (SSSR count). The van der Waals surface area contributed by atoms with Crippen molar-refractivity contribution in [2.75, 3.05) is 5.75 Å². The Balaban J connectivity index is 1.85. The van der Waals surface area contributed by atoms with Gasteiger partial charge in [0.1, 0.15) is 0 Å². The molecule has 0 radical (unpaired) electrons. The van der Waals surface area contributed by atoms with E-state index in [1.165, 1.54) is 0 Å². The van der Waals surface area contributed by atoms with Crippen molar-refractivity contribution in [3.05, 3.63) is 33.8 Å². The highest BCUT2D eigenvalue weighted by Gasteiger charge is 2.44. The predicted molar refractivity (Wildman–Crippen MR) is 76.5 cm³/mol. The molecule has 2 nitrogen and oxygen atoms in total. The third-order valence-electron chi connectivity index (χ3n) is 3.16. The number of thioether (sulfide) groups is 1. The molecule has 1 aliphatic rings. The molecule has 0 aromatic heterocycles. The van der Waals surface area contributed by atoms with Crippen molar-refractivity contribution in [2.24, 2.45) is 5.41 Å². The van der Waals surface area contributed by atoms with Crippen LogP contribution in [0.2, 0.25) is 10.0 Å². The van der Waals surface area contributed by atoms with Crippen molar-refractivity contribution in [2.45, 2.75) is 25.0 Å². The van der Waals surface area contributed by atoms with Crippen LogP contribution < -0.4 is 0 Å². The second-order valence-electron chi connectivity index (χ2n) is 4.80. The maximum Gasteiger partial charge on any atom is 0.303 e. The van der Waals surface area contributed by atoms with Gasteiger partial charge < -0.3 is 5.11 Å². The summed E-state index contributed by atoms with van der Waals surface area (Å²) in [5.74, 6) is 0.956. The van der Waals surface area contributed by atoms with Crippen molar-refractivity contribution in [1.29, 1.82) is 0 Å². The summed E-state index contributed by atoms with van der Waals surface area (Å²) in [5, 5.41) is 10.2. The Bertz CT molecular complexity index is 458. The first-order chi connectivity index (χ1) is 8.51. The van der Waals surface area contributed by atoms with Gasteiger partial charge in [-0.2, -0.15) is 11.8 Å². The fourth-order valence-electron chi connectivity index (χ4n) is 1.90. The summed E-state index contributed by atoms with van der Waals surface area (Å²) in [6, 6.07) is 5.43. The molecule has 98 valence electrons. The van der Waals surface area contributed by atoms with E-state index in [1.54, 1.807) is 23.9 Å². The van der Waals surface area contributed by atoms with Gasteiger partial charge in [-0.3, -0.25) is 4.79 Å². The number of hydrogen-bond acceptors (Lipinski definition) is 2. The standard InChI is InChI=1S/C13H14Cl2O2S/c14-10-1-2-11(15)9(5-10)7-18-8-13(3-4-13)6-12(16)17/h1-2,5H,3-4,6-8H2,(H,16,17). The van der Waals surface area contributed by atoms with Crippen molar-refractivity contribution < 1.29 is 9.90 Å². The summed E-state index contributed by atoms with van der Waals surface area (Å²) in [4.78, 5) is 10.7. The van der Waals surface area contributed by atoms with Gasteiger partial charge in [0.25, 0.3) is 0 Å². The van der Waals surface area contributed by atoms with Gasteiger partial charge in [0.2, 0.25) is 0 Å². The topological polar surface area (TPSA) is 37.3 Å². The van der Waals surface area contributed by atoms with Crippen LogP contribution in [0.15, 0.2) is 18.2 Å². The SMILES string of the molecule is O=C(O)CC1(CSCc2cc(Cl)ccc2Cl)CC1. The molecule has 1 N–H and O–H groups in total. The van der Waals surface area contributed by atoms with E-state index in [2.05, 4.69) is 0 Å². The number of carbonyl (C=O) groups is 1. The molecule has 0 atom stereocenters. The lowest BCUT2D eigenvalue weighted by Crippen LogP contribution is -2.11. The van der Waals surface area contributed by atoms with E-state index in [0.29, 0.717) is 5.02 Å². The van der Waals surface area contributed by atoms with Crippen LogP contribution in [0.5, 0.6) is 0 Å². The van der Waals surface area contributed by atoms with E-state index < -0.39 is 5.97 Å². The summed E-state index contributed by atoms with van der Waals surface area (Å²) in [6.07, 6.45) is 2.33. The summed E-state index contributed by atoms with van der Waals surface area (Å²) in [6.45, 7) is 0. The fraction of sp³-hybridized carbons (Fsp3) is 0.462. The monoisotopic (exact) mass is 304 g/mol. The number of carboxylic acids is 1. The maximum absolute atomic E-state index is 10.7. The lowest BCUT2D eigenvalue weighted by molar-refractivity contribution is -0.138. The number of hydrogen-bond donors (Lipinski definition) is 1. The van der Waals surface area contributed by atoms with Gasteiger partial charge in [-0.05, 0) is 47.8 Å². The van der Waals surface area contributed by atoms with Crippen molar-refractivity contribution in [3.8, 4) is 0 Å². The number of rotatable bonds is 6. The molecule has 1 aromatic carbocycles. The number of aliphatic carboxylic acids is 1. The zero-order chi connectivity index (χ0) is 13.2. The minimum absolute atomic E-state index is 0.0293. The Kier molecular flexibility index (Phi) is 4.46. The van der Waals surface area contributed by atoms with Crippen LogP contribution >= 0.6 is 35.0 Å². The van der Waals surface area contributed by atoms with Gasteiger partial charge in [0, 0.05) is 15.8 Å². The molecular weight excluding hydrogens is 291 g/mol. The minimum atomic E-state index is -0.700. The van der Waals surface area contributed by atoms with E-state index in [1.807, 2.05) is 6.07 Å². The summed E-state index contributed by atoms with van der Waals surface area (Å²) in [7, 11) is 0. The molecule has 0 amide bonds. The Labute approximate surface area is 121 Å². The lowest BCUT2D eigenvalue weighted by atomic mass is 10.1. The Morgan fingerprint density at radius 1 is 1.39 bits per heavy atom. The van der Waals surface area contributed by atoms with E-state index >= 15 is 0 Å². The van der Waals surface area contributed by atoms with E-state index in [-0.39, 0.29) is 11.8 Å². The van der Waals surface area contributed by atoms with E-state index in [4.69, 9.17) is 28.3 Å². The van der Waals surface area contributed by atoms with Crippen LogP contribution in [0.4, 0.5) is 0 Å². The summed E-state index contributed by atoms with van der Waals surface area (Å²) >= 11 is 13.7. The smallest absolute Gasteiger partial charge is 0.303 e. The third kappa shape index (κ3) is 3.81. The molecule has 1 fully saturated rings. The van der Waals surface area contributed by atoms with Crippen molar-refractivity contribution >= 4 is 40.9 Å². The highest BCUT2D eigenvalue weighted by molar-refractivity contribution is 7.98.